The van der Waals surface area contributed by atoms with E-state index in [-0.39, 0.29) is 6.61 Å². The normalized spacial score (nSPS) is 20.5. The Hall–Kier alpha value is -4.09. The van der Waals surface area contributed by atoms with E-state index in [0.29, 0.717) is 12.1 Å². The Morgan fingerprint density at radius 2 is 2.09 bits per heavy atom. The van der Waals surface area contributed by atoms with Crippen LogP contribution in [0.15, 0.2) is 65.7 Å². The highest BCUT2D eigenvalue weighted by atomic mass is 16.7. The first-order valence-corrected chi connectivity index (χ1v) is 11.1. The molecule has 2 aliphatic rings. The van der Waals surface area contributed by atoms with Gasteiger partial charge in [-0.25, -0.2) is 4.98 Å². The number of aryl methyl sites for hydroxylation is 1. The summed E-state index contributed by atoms with van der Waals surface area (Å²) in [5.74, 6) is 1.46. The number of imidazole rings is 1. The molecule has 0 amide bonds. The average molecular weight is 456 g/mol. The number of aliphatic hydroxyl groups excluding tert-OH is 1. The van der Waals surface area contributed by atoms with E-state index < -0.39 is 5.72 Å². The van der Waals surface area contributed by atoms with Crippen molar-refractivity contribution in [1.29, 1.82) is 5.26 Å². The molecule has 1 atom stereocenters. The number of oxime groups is 1. The van der Waals surface area contributed by atoms with E-state index in [1.807, 2.05) is 52.9 Å². The minimum Gasteiger partial charge on any atom is -0.495 e. The topological polar surface area (TPSA) is 95.9 Å². The Bertz CT molecular complexity index is 1320. The lowest BCUT2D eigenvalue weighted by molar-refractivity contribution is -0.137. The molecule has 1 N–H and O–H groups in total. The fraction of sp³-hybridized carbons (Fsp3) is 0.269. The highest BCUT2D eigenvalue weighted by Gasteiger charge is 2.49. The van der Waals surface area contributed by atoms with E-state index in [2.05, 4.69) is 22.3 Å². The quantitative estimate of drug-likeness (QED) is 0.630. The van der Waals surface area contributed by atoms with Crippen molar-refractivity contribution in [2.45, 2.75) is 25.5 Å². The number of ether oxygens (including phenoxy) is 1. The summed E-state index contributed by atoms with van der Waals surface area (Å²) in [7, 11) is 1.66. The van der Waals surface area contributed by atoms with Gasteiger partial charge in [0.1, 0.15) is 12.4 Å². The summed E-state index contributed by atoms with van der Waals surface area (Å²) in [5, 5.41) is 23.9. The SMILES string of the molecule is COc1cc(/C=C2\CCCN3C2=NOC3(CO)c2ccc(C#N)cc2)ccc1-n1cnc(C)c1. The maximum absolute atomic E-state index is 10.4. The lowest BCUT2D eigenvalue weighted by Crippen LogP contribution is -2.51. The third-order valence-corrected chi connectivity index (χ3v) is 6.30. The molecule has 3 heterocycles. The van der Waals surface area contributed by atoms with Crippen LogP contribution in [0, 0.1) is 18.3 Å². The number of nitriles is 1. The smallest absolute Gasteiger partial charge is 0.260 e. The van der Waals surface area contributed by atoms with Gasteiger partial charge < -0.3 is 24.1 Å². The molecule has 0 radical (unpaired) electrons. The maximum atomic E-state index is 10.4. The van der Waals surface area contributed by atoms with E-state index in [9.17, 15) is 5.11 Å². The van der Waals surface area contributed by atoms with Crippen LogP contribution in [-0.2, 0) is 10.6 Å². The Labute approximate surface area is 198 Å². The van der Waals surface area contributed by atoms with Crippen LogP contribution in [0.3, 0.4) is 0 Å². The lowest BCUT2D eigenvalue weighted by atomic mass is 9.94. The molecule has 0 spiro atoms. The van der Waals surface area contributed by atoms with Gasteiger partial charge in [-0.3, -0.25) is 0 Å². The van der Waals surface area contributed by atoms with Crippen LogP contribution in [0.25, 0.3) is 11.8 Å². The Morgan fingerprint density at radius 3 is 2.76 bits per heavy atom. The van der Waals surface area contributed by atoms with Crippen LogP contribution < -0.4 is 4.74 Å². The summed E-state index contributed by atoms with van der Waals surface area (Å²) >= 11 is 0. The molecular weight excluding hydrogens is 430 g/mol. The van der Waals surface area contributed by atoms with E-state index >= 15 is 0 Å². The van der Waals surface area contributed by atoms with E-state index in [0.717, 1.165) is 52.5 Å². The number of nitrogens with zero attached hydrogens (tertiary/aromatic N) is 5. The third kappa shape index (κ3) is 3.60. The predicted molar refractivity (Wildman–Crippen MR) is 127 cm³/mol. The average Bonchev–Trinajstić information content (AvgIpc) is 3.49. The van der Waals surface area contributed by atoms with Crippen LogP contribution >= 0.6 is 0 Å². The molecule has 1 fully saturated rings. The molecule has 2 aromatic carbocycles. The second-order valence-electron chi connectivity index (χ2n) is 8.42. The van der Waals surface area contributed by atoms with Gasteiger partial charge in [0.05, 0.1) is 36.5 Å². The monoisotopic (exact) mass is 455 g/mol. The largest absolute Gasteiger partial charge is 0.495 e. The number of aromatic nitrogens is 2. The maximum Gasteiger partial charge on any atom is 0.260 e. The number of hydrogen-bond donors (Lipinski definition) is 1. The summed E-state index contributed by atoms with van der Waals surface area (Å²) in [6.45, 7) is 2.40. The first kappa shape index (κ1) is 21.7. The standard InChI is InChI=1S/C26H25N5O3/c1-18-15-30(17-28-18)23-10-7-20(13-24(23)33-2)12-21-4-3-11-31-25(21)29-34-26(31,16-32)22-8-5-19(14-27)6-9-22/h5-10,12-13,15,17,32H,3-4,11,16H2,1-2H3/b21-12+. The van der Waals surface area contributed by atoms with Crippen molar-refractivity contribution in [2.75, 3.05) is 20.3 Å². The van der Waals surface area contributed by atoms with Gasteiger partial charge in [0.15, 0.2) is 5.84 Å². The van der Waals surface area contributed by atoms with Gasteiger partial charge in [0, 0.05) is 18.3 Å². The summed E-state index contributed by atoms with van der Waals surface area (Å²) in [6.07, 6.45) is 7.56. The summed E-state index contributed by atoms with van der Waals surface area (Å²) in [4.78, 5) is 12.2. The zero-order chi connectivity index (χ0) is 23.7. The number of piperidine rings is 1. The Balaban J connectivity index is 1.46. The number of rotatable bonds is 5. The highest BCUT2D eigenvalue weighted by Crippen LogP contribution is 2.40. The van der Waals surface area contributed by atoms with Crippen LogP contribution in [0.5, 0.6) is 5.75 Å². The minimum atomic E-state index is -1.09. The van der Waals surface area contributed by atoms with Crippen molar-refractivity contribution < 1.29 is 14.7 Å². The summed E-state index contributed by atoms with van der Waals surface area (Å²) < 4.78 is 7.59. The van der Waals surface area contributed by atoms with E-state index in [1.54, 1.807) is 25.6 Å². The van der Waals surface area contributed by atoms with Gasteiger partial charge in [-0.2, -0.15) is 5.26 Å². The van der Waals surface area contributed by atoms with Crippen molar-refractivity contribution in [3.05, 3.63) is 82.9 Å². The van der Waals surface area contributed by atoms with Crippen LogP contribution in [0.1, 0.15) is 35.2 Å². The number of aliphatic hydroxyl groups is 1. The molecule has 0 saturated carbocycles. The molecule has 0 bridgehead atoms. The molecule has 8 nitrogen and oxygen atoms in total. The number of benzene rings is 2. The second-order valence-corrected chi connectivity index (χ2v) is 8.42. The first-order chi connectivity index (χ1) is 16.6. The van der Waals surface area contributed by atoms with Crippen molar-refractivity contribution in [2.24, 2.45) is 5.16 Å². The number of hydrogen-bond acceptors (Lipinski definition) is 7. The molecule has 5 rings (SSSR count). The van der Waals surface area contributed by atoms with Gasteiger partial charge >= 0.3 is 0 Å². The molecule has 2 aliphatic heterocycles. The number of methoxy groups -OCH3 is 1. The molecule has 3 aromatic rings. The van der Waals surface area contributed by atoms with Gasteiger partial charge in [-0.1, -0.05) is 23.4 Å². The zero-order valence-corrected chi connectivity index (χ0v) is 19.1. The summed E-state index contributed by atoms with van der Waals surface area (Å²) in [6, 6.07) is 15.2. The van der Waals surface area contributed by atoms with E-state index in [1.165, 1.54) is 0 Å². The fourth-order valence-electron chi connectivity index (χ4n) is 4.55. The van der Waals surface area contributed by atoms with Gasteiger partial charge in [0.25, 0.3) is 5.72 Å². The molecule has 8 heteroatoms. The van der Waals surface area contributed by atoms with Crippen LogP contribution in [0.4, 0.5) is 0 Å². The van der Waals surface area contributed by atoms with Crippen molar-refractivity contribution in [3.63, 3.8) is 0 Å². The minimum absolute atomic E-state index is 0.258. The van der Waals surface area contributed by atoms with Crippen molar-refractivity contribution >= 4 is 11.9 Å². The van der Waals surface area contributed by atoms with Gasteiger partial charge in [-0.15, -0.1) is 0 Å². The van der Waals surface area contributed by atoms with Crippen molar-refractivity contribution in [1.82, 2.24) is 14.5 Å². The molecule has 1 aromatic heterocycles. The second kappa shape index (κ2) is 8.69. The predicted octanol–water partition coefficient (Wildman–Crippen LogP) is 3.73. The summed E-state index contributed by atoms with van der Waals surface area (Å²) in [5.41, 5.74) is 4.08. The molecular formula is C26H25N5O3. The van der Waals surface area contributed by atoms with Gasteiger partial charge in [-0.05, 0) is 61.2 Å². The fourth-order valence-corrected chi connectivity index (χ4v) is 4.55. The lowest BCUT2D eigenvalue weighted by Gasteiger charge is -2.38. The zero-order valence-electron chi connectivity index (χ0n) is 19.1. The number of amidine groups is 1. The van der Waals surface area contributed by atoms with Crippen LogP contribution in [-0.4, -0.2) is 45.7 Å². The molecule has 1 unspecified atom stereocenters. The van der Waals surface area contributed by atoms with Gasteiger partial charge in [0.2, 0.25) is 0 Å². The molecule has 1 saturated heterocycles. The number of fused-ring (bicyclic) bond motifs is 1. The van der Waals surface area contributed by atoms with Crippen molar-refractivity contribution in [3.8, 4) is 17.5 Å². The highest BCUT2D eigenvalue weighted by molar-refractivity contribution is 6.03. The first-order valence-electron chi connectivity index (χ1n) is 11.1. The molecule has 34 heavy (non-hydrogen) atoms. The molecule has 172 valence electrons. The Kier molecular flexibility index (Phi) is 5.56. The molecule has 0 aliphatic carbocycles. The van der Waals surface area contributed by atoms with E-state index in [4.69, 9.17) is 14.8 Å². The third-order valence-electron chi connectivity index (χ3n) is 6.30. The van der Waals surface area contributed by atoms with Crippen LogP contribution in [0.2, 0.25) is 0 Å². The Morgan fingerprint density at radius 1 is 1.26 bits per heavy atom.